The molecular formula is C35H32O2. The van der Waals surface area contributed by atoms with Crippen molar-refractivity contribution in [3.63, 3.8) is 0 Å². The van der Waals surface area contributed by atoms with Gasteiger partial charge in [-0.2, -0.15) is 0 Å². The molecule has 0 aromatic heterocycles. The van der Waals surface area contributed by atoms with E-state index < -0.39 is 11.7 Å². The van der Waals surface area contributed by atoms with Crippen molar-refractivity contribution >= 4 is 36.5 Å². The molecule has 1 aliphatic carbocycles. The van der Waals surface area contributed by atoms with Crippen LogP contribution < -0.4 is 4.74 Å². The zero-order valence-corrected chi connectivity index (χ0v) is 21.1. The Bertz CT molecular complexity index is 1390. The summed E-state index contributed by atoms with van der Waals surface area (Å²) in [6.07, 6.45) is 14.0. The first-order valence-electron chi connectivity index (χ1n) is 12.9. The third-order valence-electron chi connectivity index (χ3n) is 6.84. The highest BCUT2D eigenvalue weighted by Gasteiger charge is 2.50. The van der Waals surface area contributed by atoms with Crippen LogP contribution >= 0.6 is 0 Å². The lowest BCUT2D eigenvalue weighted by atomic mass is 9.96. The van der Waals surface area contributed by atoms with Gasteiger partial charge in [0.05, 0.1) is 6.10 Å². The van der Waals surface area contributed by atoms with Crippen molar-refractivity contribution in [2.75, 3.05) is 0 Å². The highest BCUT2D eigenvalue weighted by Crippen LogP contribution is 2.45. The van der Waals surface area contributed by atoms with Crippen LogP contribution in [0.1, 0.15) is 53.1 Å². The third-order valence-corrected chi connectivity index (χ3v) is 6.84. The standard InChI is InChI=1S/C35H32O2/c1-27(36)35(25-26-35)37-34-24-21-31(20-17-28-11-5-2-6-12-28)32(22-18-29-13-7-3-8-14-29)33(34)23-19-30-15-9-4-10-16-30/h2-24,27,36H,25-26H2,1H3. The highest BCUT2D eigenvalue weighted by atomic mass is 16.5. The quantitative estimate of drug-likeness (QED) is 0.241. The maximum absolute atomic E-state index is 10.4. The van der Waals surface area contributed by atoms with Gasteiger partial charge in [-0.05, 0) is 53.6 Å². The smallest absolute Gasteiger partial charge is 0.135 e. The Hall–Kier alpha value is -4.14. The van der Waals surface area contributed by atoms with Gasteiger partial charge in [-0.3, -0.25) is 0 Å². The first-order chi connectivity index (χ1) is 18.1. The van der Waals surface area contributed by atoms with E-state index in [0.717, 1.165) is 52.0 Å². The van der Waals surface area contributed by atoms with Gasteiger partial charge in [0.1, 0.15) is 11.4 Å². The van der Waals surface area contributed by atoms with Crippen molar-refractivity contribution in [3.8, 4) is 5.75 Å². The molecule has 0 aliphatic heterocycles. The molecule has 2 heteroatoms. The molecule has 0 saturated heterocycles. The molecule has 0 amide bonds. The molecule has 4 aromatic rings. The summed E-state index contributed by atoms with van der Waals surface area (Å²) in [6.45, 7) is 1.82. The number of benzene rings is 4. The molecule has 1 saturated carbocycles. The van der Waals surface area contributed by atoms with E-state index in [-0.39, 0.29) is 0 Å². The van der Waals surface area contributed by atoms with Gasteiger partial charge < -0.3 is 9.84 Å². The minimum atomic E-state index is -0.528. The number of aliphatic hydroxyl groups excluding tert-OH is 1. The van der Waals surface area contributed by atoms with Crippen LogP contribution in [0.25, 0.3) is 36.5 Å². The summed E-state index contributed by atoms with van der Waals surface area (Å²) in [5, 5.41) is 10.4. The number of hydrogen-bond donors (Lipinski definition) is 1. The predicted molar refractivity (Wildman–Crippen MR) is 157 cm³/mol. The lowest BCUT2D eigenvalue weighted by molar-refractivity contribution is 0.0295. The Balaban J connectivity index is 1.63. The van der Waals surface area contributed by atoms with Gasteiger partial charge in [-0.1, -0.05) is 134 Å². The number of aliphatic hydroxyl groups is 1. The summed E-state index contributed by atoms with van der Waals surface area (Å²) in [4.78, 5) is 0. The summed E-state index contributed by atoms with van der Waals surface area (Å²) in [6, 6.07) is 35.1. The summed E-state index contributed by atoms with van der Waals surface area (Å²) in [7, 11) is 0. The minimum Gasteiger partial charge on any atom is -0.484 e. The molecule has 5 rings (SSSR count). The average Bonchev–Trinajstić information content (AvgIpc) is 3.73. The van der Waals surface area contributed by atoms with E-state index in [4.69, 9.17) is 4.74 Å². The maximum Gasteiger partial charge on any atom is 0.135 e. The van der Waals surface area contributed by atoms with Gasteiger partial charge >= 0.3 is 0 Å². The molecule has 0 spiro atoms. The van der Waals surface area contributed by atoms with Gasteiger partial charge in [0.2, 0.25) is 0 Å². The Labute approximate surface area is 219 Å². The van der Waals surface area contributed by atoms with Crippen molar-refractivity contribution in [3.05, 3.63) is 137 Å². The van der Waals surface area contributed by atoms with E-state index in [2.05, 4.69) is 78.9 Å². The first-order valence-corrected chi connectivity index (χ1v) is 12.9. The molecule has 184 valence electrons. The van der Waals surface area contributed by atoms with Gasteiger partial charge in [-0.15, -0.1) is 0 Å². The van der Waals surface area contributed by atoms with Crippen LogP contribution in [0.2, 0.25) is 0 Å². The topological polar surface area (TPSA) is 29.5 Å². The molecule has 4 aromatic carbocycles. The molecule has 2 nitrogen and oxygen atoms in total. The van der Waals surface area contributed by atoms with Crippen molar-refractivity contribution in [1.29, 1.82) is 0 Å². The second-order valence-electron chi connectivity index (χ2n) is 9.56. The number of hydrogen-bond acceptors (Lipinski definition) is 2. The van der Waals surface area contributed by atoms with E-state index in [1.54, 1.807) is 0 Å². The van der Waals surface area contributed by atoms with Crippen LogP contribution in [0.4, 0.5) is 0 Å². The summed E-state index contributed by atoms with van der Waals surface area (Å²) in [5.74, 6) is 0.787. The molecule has 1 N–H and O–H groups in total. The van der Waals surface area contributed by atoms with Crippen LogP contribution in [0, 0.1) is 0 Å². The maximum atomic E-state index is 10.4. The lowest BCUT2D eigenvalue weighted by Crippen LogP contribution is -2.31. The van der Waals surface area contributed by atoms with Crippen LogP contribution in [0.5, 0.6) is 5.75 Å². The summed E-state index contributed by atoms with van der Waals surface area (Å²) >= 11 is 0. The van der Waals surface area contributed by atoms with Crippen LogP contribution in [0.15, 0.2) is 103 Å². The van der Waals surface area contributed by atoms with Crippen molar-refractivity contribution < 1.29 is 9.84 Å². The zero-order chi connectivity index (χ0) is 25.5. The fraction of sp³-hybridized carbons (Fsp3) is 0.143. The van der Waals surface area contributed by atoms with E-state index in [0.29, 0.717) is 0 Å². The Kier molecular flexibility index (Phi) is 7.49. The Morgan fingerprint density at radius 3 is 1.51 bits per heavy atom. The molecule has 0 bridgehead atoms. The molecule has 1 fully saturated rings. The SMILES string of the molecule is CC(O)C1(Oc2ccc(C=Cc3ccccc3)c(C=Cc3ccccc3)c2C=Cc2ccccc2)CC1. The monoisotopic (exact) mass is 484 g/mol. The van der Waals surface area contributed by atoms with E-state index >= 15 is 0 Å². The molecule has 1 atom stereocenters. The largest absolute Gasteiger partial charge is 0.484 e. The highest BCUT2D eigenvalue weighted by molar-refractivity contribution is 5.87. The predicted octanol–water partition coefficient (Wildman–Crippen LogP) is 8.49. The molecule has 37 heavy (non-hydrogen) atoms. The Morgan fingerprint density at radius 1 is 0.595 bits per heavy atom. The van der Waals surface area contributed by atoms with Crippen molar-refractivity contribution in [2.45, 2.75) is 31.5 Å². The number of ether oxygens (including phenoxy) is 1. The van der Waals surface area contributed by atoms with E-state index in [1.807, 2.05) is 67.6 Å². The van der Waals surface area contributed by atoms with E-state index in [9.17, 15) is 5.11 Å². The van der Waals surface area contributed by atoms with Gasteiger partial charge in [0.15, 0.2) is 0 Å². The Morgan fingerprint density at radius 2 is 1.05 bits per heavy atom. The molecule has 1 unspecified atom stereocenters. The minimum absolute atomic E-state index is 0.503. The summed E-state index contributed by atoms with van der Waals surface area (Å²) < 4.78 is 6.55. The second kappa shape index (κ2) is 11.3. The van der Waals surface area contributed by atoms with Gasteiger partial charge in [0, 0.05) is 5.56 Å². The van der Waals surface area contributed by atoms with Gasteiger partial charge in [0.25, 0.3) is 0 Å². The normalized spacial score (nSPS) is 15.4. The first kappa shape index (κ1) is 24.5. The van der Waals surface area contributed by atoms with Gasteiger partial charge in [-0.25, -0.2) is 0 Å². The van der Waals surface area contributed by atoms with Crippen LogP contribution in [-0.2, 0) is 0 Å². The van der Waals surface area contributed by atoms with E-state index in [1.165, 1.54) is 0 Å². The van der Waals surface area contributed by atoms with Crippen LogP contribution in [0.3, 0.4) is 0 Å². The second-order valence-corrected chi connectivity index (χ2v) is 9.56. The van der Waals surface area contributed by atoms with Crippen LogP contribution in [-0.4, -0.2) is 16.8 Å². The van der Waals surface area contributed by atoms with Crippen molar-refractivity contribution in [1.82, 2.24) is 0 Å². The lowest BCUT2D eigenvalue weighted by Gasteiger charge is -2.23. The average molecular weight is 485 g/mol. The molecule has 0 heterocycles. The molecule has 1 aliphatic rings. The molecule has 0 radical (unpaired) electrons. The summed E-state index contributed by atoms with van der Waals surface area (Å²) in [5.41, 5.74) is 6.06. The third kappa shape index (κ3) is 6.17. The number of rotatable bonds is 9. The zero-order valence-electron chi connectivity index (χ0n) is 21.1. The fourth-order valence-corrected chi connectivity index (χ4v) is 4.41. The fourth-order valence-electron chi connectivity index (χ4n) is 4.41. The molecular weight excluding hydrogens is 452 g/mol. The van der Waals surface area contributed by atoms with Crippen molar-refractivity contribution in [2.24, 2.45) is 0 Å².